The number of nitrogens with zero attached hydrogens (tertiary/aromatic N) is 4. The molecule has 2 aliphatic rings. The number of aromatic nitrogens is 5. The lowest BCUT2D eigenvalue weighted by Crippen LogP contribution is -2.45. The van der Waals surface area contributed by atoms with Crippen molar-refractivity contribution < 1.29 is 4.39 Å². The lowest BCUT2D eigenvalue weighted by Gasteiger charge is -2.39. The summed E-state index contributed by atoms with van der Waals surface area (Å²) < 4.78 is 14.6. The van der Waals surface area contributed by atoms with Crippen molar-refractivity contribution in [3.05, 3.63) is 66.4 Å². The van der Waals surface area contributed by atoms with Crippen LogP contribution in [0.1, 0.15) is 44.6 Å². The molecule has 1 saturated heterocycles. The quantitative estimate of drug-likeness (QED) is 0.243. The van der Waals surface area contributed by atoms with Gasteiger partial charge in [0, 0.05) is 47.4 Å². The molecule has 1 saturated carbocycles. The van der Waals surface area contributed by atoms with Crippen LogP contribution in [0.25, 0.3) is 44.6 Å². The van der Waals surface area contributed by atoms with E-state index >= 15 is 0 Å². The molecule has 1 atom stereocenters. The van der Waals surface area contributed by atoms with Crippen LogP contribution >= 0.6 is 0 Å². The maximum Gasteiger partial charge on any atom is 0.163 e. The lowest BCUT2D eigenvalue weighted by molar-refractivity contribution is 0.166. The van der Waals surface area contributed by atoms with Gasteiger partial charge in [-0.1, -0.05) is 26.0 Å². The van der Waals surface area contributed by atoms with Crippen LogP contribution in [-0.4, -0.2) is 44.6 Å². The fraction of sp³-hybridized carbons (Fsp3) is 0.355. The number of anilines is 1. The largest absolute Gasteiger partial charge is 0.369 e. The number of aromatic amines is 1. The molecule has 4 aromatic heterocycles. The van der Waals surface area contributed by atoms with E-state index in [9.17, 15) is 4.39 Å². The number of nitrogens with one attached hydrogen (secondary N) is 3. The van der Waals surface area contributed by atoms with Gasteiger partial charge in [0.15, 0.2) is 5.82 Å². The highest BCUT2D eigenvalue weighted by Crippen LogP contribution is 2.44. The number of H-pyrrole nitrogens is 1. The first-order valence-corrected chi connectivity index (χ1v) is 13.8. The van der Waals surface area contributed by atoms with Gasteiger partial charge in [0.2, 0.25) is 0 Å². The summed E-state index contributed by atoms with van der Waals surface area (Å²) in [6, 6.07) is 10.6. The second-order valence-corrected chi connectivity index (χ2v) is 11.6. The van der Waals surface area contributed by atoms with Crippen LogP contribution in [0.15, 0.2) is 55.0 Å². The molecular formula is C31H32FN7. The first-order valence-electron chi connectivity index (χ1n) is 13.8. The Morgan fingerprint density at radius 2 is 1.92 bits per heavy atom. The predicted molar refractivity (Wildman–Crippen MR) is 153 cm³/mol. The van der Waals surface area contributed by atoms with E-state index in [2.05, 4.69) is 39.4 Å². The molecule has 0 spiro atoms. The molecule has 0 bridgehead atoms. The number of rotatable bonds is 6. The fourth-order valence-electron chi connectivity index (χ4n) is 5.93. The van der Waals surface area contributed by atoms with Gasteiger partial charge in [-0.05, 0) is 72.9 Å². The van der Waals surface area contributed by atoms with E-state index in [0.29, 0.717) is 34.6 Å². The van der Waals surface area contributed by atoms with E-state index in [0.717, 1.165) is 53.7 Å². The van der Waals surface area contributed by atoms with Gasteiger partial charge < -0.3 is 15.6 Å². The van der Waals surface area contributed by atoms with Crippen molar-refractivity contribution in [3.63, 3.8) is 0 Å². The van der Waals surface area contributed by atoms with Crippen molar-refractivity contribution in [2.75, 3.05) is 25.0 Å². The Labute approximate surface area is 226 Å². The van der Waals surface area contributed by atoms with Crippen molar-refractivity contribution in [2.24, 2.45) is 11.3 Å². The molecule has 7 rings (SSSR count). The molecule has 0 unspecified atom stereocenters. The molecule has 1 aliphatic carbocycles. The molecule has 0 amide bonds. The molecule has 1 aliphatic heterocycles. The number of hydrogen-bond acceptors (Lipinski definition) is 6. The molecule has 8 heteroatoms. The number of piperidine rings is 1. The fourth-order valence-corrected chi connectivity index (χ4v) is 5.93. The van der Waals surface area contributed by atoms with Gasteiger partial charge in [0.25, 0.3) is 0 Å². The zero-order valence-corrected chi connectivity index (χ0v) is 22.3. The second kappa shape index (κ2) is 9.38. The third kappa shape index (κ3) is 4.42. The normalized spacial score (nSPS) is 19.0. The van der Waals surface area contributed by atoms with Gasteiger partial charge in [-0.3, -0.25) is 4.98 Å². The van der Waals surface area contributed by atoms with Crippen LogP contribution in [0.4, 0.5) is 10.2 Å². The van der Waals surface area contributed by atoms with Crippen LogP contribution < -0.4 is 10.6 Å². The van der Waals surface area contributed by atoms with Gasteiger partial charge in [-0.2, -0.15) is 0 Å². The average molecular weight is 522 g/mol. The number of benzene rings is 1. The first-order chi connectivity index (χ1) is 19.0. The van der Waals surface area contributed by atoms with Gasteiger partial charge in [0.05, 0.1) is 17.4 Å². The molecular weight excluding hydrogens is 489 g/mol. The topological polar surface area (TPSA) is 91.4 Å². The Kier molecular flexibility index (Phi) is 5.81. The number of pyridine rings is 2. The van der Waals surface area contributed by atoms with E-state index in [1.54, 1.807) is 18.3 Å². The van der Waals surface area contributed by atoms with Crippen molar-refractivity contribution in [3.8, 4) is 22.6 Å². The van der Waals surface area contributed by atoms with Gasteiger partial charge in [0.1, 0.15) is 17.3 Å². The Bertz CT molecular complexity index is 1690. The molecule has 7 nitrogen and oxygen atoms in total. The number of fused-ring (bicyclic) bond motifs is 2. The minimum absolute atomic E-state index is 0.198. The summed E-state index contributed by atoms with van der Waals surface area (Å²) in [5.74, 6) is 2.24. The minimum atomic E-state index is -0.279. The highest BCUT2D eigenvalue weighted by atomic mass is 19.1. The molecule has 3 N–H and O–H groups in total. The Morgan fingerprint density at radius 3 is 2.74 bits per heavy atom. The molecule has 2 fully saturated rings. The Hall–Kier alpha value is -3.91. The van der Waals surface area contributed by atoms with Crippen molar-refractivity contribution in [1.82, 2.24) is 30.2 Å². The van der Waals surface area contributed by atoms with Gasteiger partial charge in [-0.15, -0.1) is 0 Å². The van der Waals surface area contributed by atoms with Crippen LogP contribution in [0.5, 0.6) is 0 Å². The summed E-state index contributed by atoms with van der Waals surface area (Å²) in [6.07, 6.45) is 9.05. The molecule has 5 heterocycles. The Morgan fingerprint density at radius 1 is 1.05 bits per heavy atom. The molecule has 1 aromatic carbocycles. The van der Waals surface area contributed by atoms with Crippen molar-refractivity contribution in [2.45, 2.75) is 39.0 Å². The molecule has 0 radical (unpaired) electrons. The summed E-state index contributed by atoms with van der Waals surface area (Å²) in [5, 5.41) is 9.22. The van der Waals surface area contributed by atoms with E-state index in [1.807, 2.05) is 30.6 Å². The van der Waals surface area contributed by atoms with E-state index in [1.165, 1.54) is 24.5 Å². The Balaban J connectivity index is 1.34. The minimum Gasteiger partial charge on any atom is -0.369 e. The lowest BCUT2D eigenvalue weighted by atomic mass is 9.74. The van der Waals surface area contributed by atoms with Crippen LogP contribution in [0, 0.1) is 17.2 Å². The highest BCUT2D eigenvalue weighted by Gasteiger charge is 2.33. The predicted octanol–water partition coefficient (Wildman–Crippen LogP) is 6.30. The zero-order valence-electron chi connectivity index (χ0n) is 22.3. The SMILES string of the molecule is CC1(C)CNCC[C@@H]1CNc1nc(-c2ccnc3[nH]c(-c4ccccc4F)cc23)nc2cncc(C3CC3)c12. The molecule has 198 valence electrons. The summed E-state index contributed by atoms with van der Waals surface area (Å²) >= 11 is 0. The monoisotopic (exact) mass is 521 g/mol. The second-order valence-electron chi connectivity index (χ2n) is 11.6. The van der Waals surface area contributed by atoms with Crippen molar-refractivity contribution in [1.29, 1.82) is 0 Å². The summed E-state index contributed by atoms with van der Waals surface area (Å²) in [4.78, 5) is 22.5. The summed E-state index contributed by atoms with van der Waals surface area (Å²) in [5.41, 5.74) is 4.97. The zero-order chi connectivity index (χ0) is 26.6. The number of halogens is 1. The first kappa shape index (κ1) is 24.2. The van der Waals surface area contributed by atoms with Gasteiger partial charge in [-0.25, -0.2) is 19.3 Å². The third-order valence-corrected chi connectivity index (χ3v) is 8.46. The smallest absolute Gasteiger partial charge is 0.163 e. The molecule has 39 heavy (non-hydrogen) atoms. The summed E-state index contributed by atoms with van der Waals surface area (Å²) in [7, 11) is 0. The maximum absolute atomic E-state index is 14.6. The van der Waals surface area contributed by atoms with E-state index < -0.39 is 0 Å². The molecule has 5 aromatic rings. The highest BCUT2D eigenvalue weighted by molar-refractivity contribution is 5.98. The van der Waals surface area contributed by atoms with E-state index in [4.69, 9.17) is 9.97 Å². The van der Waals surface area contributed by atoms with Crippen LogP contribution in [-0.2, 0) is 0 Å². The van der Waals surface area contributed by atoms with Crippen LogP contribution in [0.3, 0.4) is 0 Å². The standard InChI is InChI=1S/C31H32FN7/c1-31(2)17-33-11-9-19(31)14-36-30-27-23(18-7-8-18)15-34-16-26(27)38-29(39-30)20-10-12-35-28-22(20)13-25(37-28)21-5-3-4-6-24(21)32/h3-6,10,12-13,15-16,18-19,33H,7-9,11,14,17H2,1-2H3,(H,35,37)(H,36,38,39)/t19-/m1/s1. The number of hydrogen-bond donors (Lipinski definition) is 3. The van der Waals surface area contributed by atoms with Crippen LogP contribution in [0.2, 0.25) is 0 Å². The maximum atomic E-state index is 14.6. The average Bonchev–Trinajstić information content (AvgIpc) is 3.69. The van der Waals surface area contributed by atoms with Crippen molar-refractivity contribution >= 4 is 27.8 Å². The van der Waals surface area contributed by atoms with E-state index in [-0.39, 0.29) is 11.2 Å². The summed E-state index contributed by atoms with van der Waals surface area (Å²) in [6.45, 7) is 7.57. The van der Waals surface area contributed by atoms with Gasteiger partial charge >= 0.3 is 0 Å². The third-order valence-electron chi connectivity index (χ3n) is 8.46.